The van der Waals surface area contributed by atoms with Crippen LogP contribution >= 0.6 is 15.9 Å². The lowest BCUT2D eigenvalue weighted by molar-refractivity contribution is -0.141. The van der Waals surface area contributed by atoms with Gasteiger partial charge in [-0.05, 0) is 40.9 Å². The molecule has 0 fully saturated rings. The van der Waals surface area contributed by atoms with Crippen LogP contribution in [-0.4, -0.2) is 23.5 Å². The summed E-state index contributed by atoms with van der Waals surface area (Å²) in [6.07, 6.45) is 1.29. The van der Waals surface area contributed by atoms with Crippen molar-refractivity contribution in [1.29, 1.82) is 0 Å². The van der Waals surface area contributed by atoms with E-state index in [2.05, 4.69) is 21.2 Å². The topological polar surface area (TPSA) is 92.4 Å². The molecule has 4 N–H and O–H groups in total. The molecule has 0 aliphatic heterocycles. The third kappa shape index (κ3) is 4.55. The molecule has 0 aliphatic carbocycles. The maximum Gasteiger partial charge on any atom is 0.306 e. The molecule has 0 heterocycles. The molecule has 104 valence electrons. The summed E-state index contributed by atoms with van der Waals surface area (Å²) in [6.45, 7) is 2.27. The van der Waals surface area contributed by atoms with Crippen LogP contribution in [0.5, 0.6) is 0 Å². The minimum Gasteiger partial charge on any atom is -0.481 e. The highest BCUT2D eigenvalue weighted by Crippen LogP contribution is 2.24. The van der Waals surface area contributed by atoms with Gasteiger partial charge < -0.3 is 16.2 Å². The van der Waals surface area contributed by atoms with Crippen LogP contribution in [-0.2, 0) is 4.79 Å². The number of aliphatic carboxylic acids is 1. The number of hydrogen-bond donors (Lipinski definition) is 3. The van der Waals surface area contributed by atoms with Gasteiger partial charge in [0.05, 0.1) is 11.5 Å². The van der Waals surface area contributed by atoms with E-state index < -0.39 is 11.9 Å². The number of carboxylic acids is 1. The number of hydrogen-bond acceptors (Lipinski definition) is 3. The van der Waals surface area contributed by atoms with E-state index >= 15 is 0 Å². The SMILES string of the molecule is CC(CCCNc1cccc(Br)c1C(N)=O)C(=O)O. The molecule has 1 amide bonds. The molecule has 1 atom stereocenters. The largest absolute Gasteiger partial charge is 0.481 e. The predicted molar refractivity (Wildman–Crippen MR) is 77.2 cm³/mol. The summed E-state index contributed by atoms with van der Waals surface area (Å²) in [5.41, 5.74) is 6.39. The molecule has 0 radical (unpaired) electrons. The van der Waals surface area contributed by atoms with Crippen molar-refractivity contribution in [2.24, 2.45) is 11.7 Å². The molecule has 0 saturated carbocycles. The molecule has 0 spiro atoms. The van der Waals surface area contributed by atoms with Crippen molar-refractivity contribution in [2.75, 3.05) is 11.9 Å². The lowest BCUT2D eigenvalue weighted by Crippen LogP contribution is -2.16. The van der Waals surface area contributed by atoms with Gasteiger partial charge in [-0.1, -0.05) is 13.0 Å². The Kier molecular flexibility index (Phi) is 5.82. The average Bonchev–Trinajstić information content (AvgIpc) is 2.33. The summed E-state index contributed by atoms with van der Waals surface area (Å²) in [5, 5.41) is 11.9. The minimum atomic E-state index is -0.791. The zero-order valence-corrected chi connectivity index (χ0v) is 12.2. The Balaban J connectivity index is 2.57. The maximum absolute atomic E-state index is 11.3. The van der Waals surface area contributed by atoms with Gasteiger partial charge in [0.2, 0.25) is 0 Å². The molecule has 5 nitrogen and oxygen atoms in total. The number of nitrogens with one attached hydrogen (secondary N) is 1. The molecule has 0 bridgehead atoms. The van der Waals surface area contributed by atoms with Crippen molar-refractivity contribution in [3.8, 4) is 0 Å². The van der Waals surface area contributed by atoms with Crippen molar-refractivity contribution in [3.05, 3.63) is 28.2 Å². The second kappa shape index (κ2) is 7.13. The summed E-state index contributed by atoms with van der Waals surface area (Å²) >= 11 is 3.28. The van der Waals surface area contributed by atoms with Crippen LogP contribution in [0.1, 0.15) is 30.1 Å². The summed E-state index contributed by atoms with van der Waals surface area (Å²) in [7, 11) is 0. The van der Waals surface area contributed by atoms with Gasteiger partial charge in [0, 0.05) is 16.7 Å². The predicted octanol–water partition coefficient (Wildman–Crippen LogP) is 2.46. The molecule has 0 aromatic heterocycles. The third-order valence-electron chi connectivity index (χ3n) is 2.81. The van der Waals surface area contributed by atoms with Gasteiger partial charge in [-0.2, -0.15) is 0 Å². The fourth-order valence-corrected chi connectivity index (χ4v) is 2.24. The van der Waals surface area contributed by atoms with Gasteiger partial charge in [0.1, 0.15) is 0 Å². The van der Waals surface area contributed by atoms with Gasteiger partial charge >= 0.3 is 5.97 Å². The monoisotopic (exact) mass is 328 g/mol. The zero-order valence-electron chi connectivity index (χ0n) is 10.6. The lowest BCUT2D eigenvalue weighted by Gasteiger charge is -2.12. The molecule has 0 aliphatic rings. The van der Waals surface area contributed by atoms with Crippen LogP contribution in [0.4, 0.5) is 5.69 Å². The zero-order chi connectivity index (χ0) is 14.4. The van der Waals surface area contributed by atoms with Crippen LogP contribution in [0.3, 0.4) is 0 Å². The Morgan fingerprint density at radius 1 is 1.47 bits per heavy atom. The van der Waals surface area contributed by atoms with E-state index in [1.165, 1.54) is 0 Å². The highest BCUT2D eigenvalue weighted by Gasteiger charge is 2.13. The van der Waals surface area contributed by atoms with Crippen molar-refractivity contribution in [3.63, 3.8) is 0 Å². The van der Waals surface area contributed by atoms with Crippen LogP contribution in [0.15, 0.2) is 22.7 Å². The molecule has 1 aromatic rings. The lowest BCUT2D eigenvalue weighted by atomic mass is 10.1. The number of primary amides is 1. The van der Waals surface area contributed by atoms with Gasteiger partial charge in [-0.15, -0.1) is 0 Å². The minimum absolute atomic E-state index is 0.361. The van der Waals surface area contributed by atoms with Crippen molar-refractivity contribution >= 4 is 33.5 Å². The second-order valence-corrected chi connectivity index (χ2v) is 5.19. The van der Waals surface area contributed by atoms with Crippen LogP contribution in [0.2, 0.25) is 0 Å². The summed E-state index contributed by atoms with van der Waals surface area (Å²) in [5.74, 6) is -1.66. The number of amides is 1. The highest BCUT2D eigenvalue weighted by molar-refractivity contribution is 9.10. The van der Waals surface area contributed by atoms with Crippen molar-refractivity contribution < 1.29 is 14.7 Å². The number of anilines is 1. The molecule has 1 rings (SSSR count). The standard InChI is InChI=1S/C13H17BrN2O3/c1-8(13(18)19)4-3-7-16-10-6-2-5-9(14)11(10)12(15)17/h2,5-6,8,16H,3-4,7H2,1H3,(H2,15,17)(H,18,19). The van der Waals surface area contributed by atoms with Gasteiger partial charge in [0.25, 0.3) is 5.91 Å². The number of carbonyl (C=O) groups is 2. The Morgan fingerprint density at radius 3 is 2.74 bits per heavy atom. The number of carboxylic acid groups (broad SMARTS) is 1. The molecule has 6 heteroatoms. The summed E-state index contributed by atoms with van der Waals surface area (Å²) < 4.78 is 0.643. The second-order valence-electron chi connectivity index (χ2n) is 4.33. The molecular formula is C13H17BrN2O3. The number of nitrogens with two attached hydrogens (primary N) is 1. The van der Waals surface area contributed by atoms with Crippen LogP contribution in [0, 0.1) is 5.92 Å². The van der Waals surface area contributed by atoms with Gasteiger partial charge in [0.15, 0.2) is 0 Å². The Morgan fingerprint density at radius 2 is 2.16 bits per heavy atom. The first kappa shape index (κ1) is 15.5. The maximum atomic E-state index is 11.3. The summed E-state index contributed by atoms with van der Waals surface area (Å²) in [6, 6.07) is 5.32. The van der Waals surface area contributed by atoms with Crippen LogP contribution in [0.25, 0.3) is 0 Å². The first-order valence-electron chi connectivity index (χ1n) is 5.98. The van der Waals surface area contributed by atoms with E-state index in [1.807, 2.05) is 0 Å². The summed E-state index contributed by atoms with van der Waals surface area (Å²) in [4.78, 5) is 22.0. The smallest absolute Gasteiger partial charge is 0.306 e. The molecule has 1 unspecified atom stereocenters. The van der Waals surface area contributed by atoms with Crippen molar-refractivity contribution in [2.45, 2.75) is 19.8 Å². The molecule has 1 aromatic carbocycles. The Bertz CT molecular complexity index is 477. The molecule has 19 heavy (non-hydrogen) atoms. The average molecular weight is 329 g/mol. The van der Waals surface area contributed by atoms with E-state index in [1.54, 1.807) is 25.1 Å². The normalized spacial score (nSPS) is 11.9. The Labute approximate surface area is 120 Å². The molecule has 0 saturated heterocycles. The first-order chi connectivity index (χ1) is 8.93. The fourth-order valence-electron chi connectivity index (χ4n) is 1.68. The third-order valence-corrected chi connectivity index (χ3v) is 3.47. The number of carbonyl (C=O) groups excluding carboxylic acids is 1. The fraction of sp³-hybridized carbons (Fsp3) is 0.385. The number of rotatable bonds is 7. The van der Waals surface area contributed by atoms with E-state index in [-0.39, 0.29) is 5.92 Å². The van der Waals surface area contributed by atoms with Gasteiger partial charge in [-0.3, -0.25) is 9.59 Å². The van der Waals surface area contributed by atoms with E-state index in [0.717, 1.165) is 0 Å². The van der Waals surface area contributed by atoms with Crippen LogP contribution < -0.4 is 11.1 Å². The van der Waals surface area contributed by atoms with E-state index in [4.69, 9.17) is 10.8 Å². The van der Waals surface area contributed by atoms with E-state index in [9.17, 15) is 9.59 Å². The Hall–Kier alpha value is -1.56. The molecular weight excluding hydrogens is 312 g/mol. The van der Waals surface area contributed by atoms with E-state index in [0.29, 0.717) is 35.1 Å². The first-order valence-corrected chi connectivity index (χ1v) is 6.77. The number of benzene rings is 1. The quantitative estimate of drug-likeness (QED) is 0.670. The number of halogens is 1. The highest BCUT2D eigenvalue weighted by atomic mass is 79.9. The van der Waals surface area contributed by atoms with Crippen molar-refractivity contribution in [1.82, 2.24) is 0 Å². The van der Waals surface area contributed by atoms with Gasteiger partial charge in [-0.25, -0.2) is 0 Å².